The number of hydrogen-bond acceptors (Lipinski definition) is 6. The van der Waals surface area contributed by atoms with Crippen molar-refractivity contribution in [3.05, 3.63) is 46.3 Å². The van der Waals surface area contributed by atoms with Gasteiger partial charge in [-0.1, -0.05) is 12.1 Å². The molecule has 1 aromatic heterocycles. The molecule has 0 bridgehead atoms. The van der Waals surface area contributed by atoms with Crippen LogP contribution in [0.25, 0.3) is 0 Å². The number of carbonyl (C=O) groups is 3. The zero-order chi connectivity index (χ0) is 17.0. The molecular formula is C15H14N2O5S. The molecule has 0 spiro atoms. The number of anilines is 1. The maximum absolute atomic E-state index is 11.9. The van der Waals surface area contributed by atoms with Gasteiger partial charge in [-0.05, 0) is 30.0 Å². The first-order valence-corrected chi connectivity index (χ1v) is 7.41. The van der Waals surface area contributed by atoms with E-state index in [-0.39, 0.29) is 21.9 Å². The van der Waals surface area contributed by atoms with Gasteiger partial charge in [-0.2, -0.15) is 0 Å². The van der Waals surface area contributed by atoms with Crippen molar-refractivity contribution in [2.75, 3.05) is 11.9 Å². The molecule has 8 heteroatoms. The zero-order valence-electron chi connectivity index (χ0n) is 12.2. The van der Waals surface area contributed by atoms with Crippen molar-refractivity contribution in [2.24, 2.45) is 5.73 Å². The Hall–Kier alpha value is -2.87. The summed E-state index contributed by atoms with van der Waals surface area (Å²) in [5.74, 6) is -2.28. The standard InChI is InChI=1S/C15H14N2O5S/c1-8-3-2-4-9(12(8)19)15(21)22-7-11(18)17-14-10(13(16)20)5-6-23-14/h2-6,19H,7H2,1H3,(H2,16,20)(H,17,18). The Morgan fingerprint density at radius 1 is 1.26 bits per heavy atom. The van der Waals surface area contributed by atoms with Crippen LogP contribution in [0.4, 0.5) is 5.00 Å². The Labute approximate surface area is 135 Å². The second-order valence-electron chi connectivity index (χ2n) is 4.62. The van der Waals surface area contributed by atoms with E-state index >= 15 is 0 Å². The number of thiophene rings is 1. The molecule has 2 aromatic rings. The molecule has 0 saturated heterocycles. The number of primary amides is 1. The number of esters is 1. The summed E-state index contributed by atoms with van der Waals surface area (Å²) in [6.45, 7) is 1.09. The summed E-state index contributed by atoms with van der Waals surface area (Å²) in [5, 5.41) is 14.1. The molecular weight excluding hydrogens is 320 g/mol. The molecule has 0 aliphatic carbocycles. The Morgan fingerprint density at radius 2 is 2.00 bits per heavy atom. The number of nitrogens with one attached hydrogen (secondary N) is 1. The van der Waals surface area contributed by atoms with Crippen molar-refractivity contribution in [3.63, 3.8) is 0 Å². The zero-order valence-corrected chi connectivity index (χ0v) is 13.0. The molecule has 1 heterocycles. The molecule has 0 atom stereocenters. The third kappa shape index (κ3) is 3.86. The van der Waals surface area contributed by atoms with Gasteiger partial charge in [0, 0.05) is 0 Å². The number of phenolic OH excluding ortho intramolecular Hbond substituents is 1. The van der Waals surface area contributed by atoms with Crippen LogP contribution in [0, 0.1) is 6.92 Å². The number of aromatic hydroxyl groups is 1. The topological polar surface area (TPSA) is 119 Å². The molecule has 0 unspecified atom stereocenters. The summed E-state index contributed by atoms with van der Waals surface area (Å²) < 4.78 is 4.85. The van der Waals surface area contributed by atoms with Gasteiger partial charge in [0.2, 0.25) is 0 Å². The number of phenols is 1. The summed E-state index contributed by atoms with van der Waals surface area (Å²) in [4.78, 5) is 34.8. The molecule has 0 saturated carbocycles. The third-order valence-corrected chi connectivity index (χ3v) is 3.81. The minimum absolute atomic E-state index is 0.0215. The van der Waals surface area contributed by atoms with Gasteiger partial charge in [-0.3, -0.25) is 9.59 Å². The van der Waals surface area contributed by atoms with Crippen LogP contribution < -0.4 is 11.1 Å². The van der Waals surface area contributed by atoms with E-state index in [1.165, 1.54) is 12.1 Å². The highest BCUT2D eigenvalue weighted by Crippen LogP contribution is 2.23. The lowest BCUT2D eigenvalue weighted by atomic mass is 10.1. The SMILES string of the molecule is Cc1cccc(C(=O)OCC(=O)Nc2sccc2C(N)=O)c1O. The lowest BCUT2D eigenvalue weighted by Gasteiger charge is -2.08. The molecule has 0 aliphatic heterocycles. The Morgan fingerprint density at radius 3 is 2.70 bits per heavy atom. The fourth-order valence-corrected chi connectivity index (χ4v) is 2.60. The van der Waals surface area contributed by atoms with E-state index in [1.807, 2.05) is 0 Å². The van der Waals surface area contributed by atoms with Gasteiger partial charge in [0.1, 0.15) is 16.3 Å². The molecule has 0 fully saturated rings. The summed E-state index contributed by atoms with van der Waals surface area (Å²) in [6.07, 6.45) is 0. The molecule has 2 amide bonds. The van der Waals surface area contributed by atoms with E-state index in [2.05, 4.69) is 5.32 Å². The number of nitrogens with two attached hydrogens (primary N) is 1. The third-order valence-electron chi connectivity index (χ3n) is 2.98. The molecule has 1 aromatic carbocycles. The first-order valence-electron chi connectivity index (χ1n) is 6.53. The van der Waals surface area contributed by atoms with Crippen molar-refractivity contribution in [1.82, 2.24) is 0 Å². The Bertz CT molecular complexity index is 769. The summed E-state index contributed by atoms with van der Waals surface area (Å²) in [7, 11) is 0. The van der Waals surface area contributed by atoms with Gasteiger partial charge in [0.05, 0.1) is 5.56 Å². The largest absolute Gasteiger partial charge is 0.507 e. The van der Waals surface area contributed by atoms with Crippen molar-refractivity contribution >= 4 is 34.1 Å². The summed E-state index contributed by atoms with van der Waals surface area (Å²) in [5.41, 5.74) is 5.85. The number of rotatable bonds is 5. The number of benzene rings is 1. The van der Waals surface area contributed by atoms with Crippen LogP contribution in [-0.4, -0.2) is 29.5 Å². The number of ether oxygens (including phenoxy) is 1. The highest BCUT2D eigenvalue weighted by atomic mass is 32.1. The Kier molecular flexibility index (Phi) is 4.97. The minimum atomic E-state index is -0.817. The summed E-state index contributed by atoms with van der Waals surface area (Å²) >= 11 is 1.13. The second kappa shape index (κ2) is 6.93. The maximum Gasteiger partial charge on any atom is 0.342 e. The molecule has 0 radical (unpaired) electrons. The van der Waals surface area contributed by atoms with E-state index in [9.17, 15) is 19.5 Å². The van der Waals surface area contributed by atoms with E-state index < -0.39 is 24.4 Å². The fraction of sp³-hybridized carbons (Fsp3) is 0.133. The molecule has 7 nitrogen and oxygen atoms in total. The van der Waals surface area contributed by atoms with Crippen molar-refractivity contribution < 1.29 is 24.2 Å². The first kappa shape index (κ1) is 16.5. The highest BCUT2D eigenvalue weighted by molar-refractivity contribution is 7.14. The lowest BCUT2D eigenvalue weighted by molar-refractivity contribution is -0.119. The predicted molar refractivity (Wildman–Crippen MR) is 84.6 cm³/mol. The molecule has 0 aliphatic rings. The maximum atomic E-state index is 11.9. The average molecular weight is 334 g/mol. The molecule has 4 N–H and O–H groups in total. The van der Waals surface area contributed by atoms with Gasteiger partial charge in [-0.25, -0.2) is 4.79 Å². The predicted octanol–water partition coefficient (Wildman–Crippen LogP) is 1.66. The molecule has 23 heavy (non-hydrogen) atoms. The Balaban J connectivity index is 1.96. The smallest absolute Gasteiger partial charge is 0.342 e. The van der Waals surface area contributed by atoms with Gasteiger partial charge >= 0.3 is 5.97 Å². The fourth-order valence-electron chi connectivity index (χ4n) is 1.80. The first-order chi connectivity index (χ1) is 10.9. The average Bonchev–Trinajstić information content (AvgIpc) is 2.96. The quantitative estimate of drug-likeness (QED) is 0.719. The number of hydrogen-bond donors (Lipinski definition) is 3. The van der Waals surface area contributed by atoms with Crippen LogP contribution >= 0.6 is 11.3 Å². The number of carbonyl (C=O) groups excluding carboxylic acids is 3. The van der Waals surface area contributed by atoms with Crippen molar-refractivity contribution in [3.8, 4) is 5.75 Å². The van der Waals surface area contributed by atoms with Crippen molar-refractivity contribution in [2.45, 2.75) is 6.92 Å². The van der Waals surface area contributed by atoms with E-state index in [0.717, 1.165) is 11.3 Å². The monoisotopic (exact) mass is 334 g/mol. The van der Waals surface area contributed by atoms with E-state index in [0.29, 0.717) is 5.56 Å². The van der Waals surface area contributed by atoms with Crippen LogP contribution in [0.3, 0.4) is 0 Å². The molecule has 120 valence electrons. The van der Waals surface area contributed by atoms with Crippen LogP contribution in [0.5, 0.6) is 5.75 Å². The molecule has 2 rings (SSSR count). The van der Waals surface area contributed by atoms with Gasteiger partial charge in [0.15, 0.2) is 6.61 Å². The van der Waals surface area contributed by atoms with E-state index in [1.54, 1.807) is 24.4 Å². The van der Waals surface area contributed by atoms with Crippen LogP contribution in [0.1, 0.15) is 26.3 Å². The van der Waals surface area contributed by atoms with Crippen molar-refractivity contribution in [1.29, 1.82) is 0 Å². The number of para-hydroxylation sites is 1. The van der Waals surface area contributed by atoms with Gasteiger partial charge in [-0.15, -0.1) is 11.3 Å². The minimum Gasteiger partial charge on any atom is -0.507 e. The van der Waals surface area contributed by atoms with E-state index in [4.69, 9.17) is 10.5 Å². The second-order valence-corrected chi connectivity index (χ2v) is 5.54. The number of amides is 2. The van der Waals surface area contributed by atoms with Gasteiger partial charge in [0.25, 0.3) is 11.8 Å². The summed E-state index contributed by atoms with van der Waals surface area (Å²) in [6, 6.07) is 6.11. The lowest BCUT2D eigenvalue weighted by Crippen LogP contribution is -2.22. The van der Waals surface area contributed by atoms with Crippen LogP contribution in [0.15, 0.2) is 29.6 Å². The normalized spacial score (nSPS) is 10.1. The van der Waals surface area contributed by atoms with Crippen LogP contribution in [-0.2, 0) is 9.53 Å². The number of aryl methyl sites for hydroxylation is 1. The highest BCUT2D eigenvalue weighted by Gasteiger charge is 2.17. The van der Waals surface area contributed by atoms with Gasteiger partial charge < -0.3 is 20.9 Å². The van der Waals surface area contributed by atoms with Crippen LogP contribution in [0.2, 0.25) is 0 Å².